The number of aliphatic hydroxyl groups is 3. The first-order chi connectivity index (χ1) is 8.50. The van der Waals surface area contributed by atoms with E-state index in [9.17, 15) is 15.0 Å². The lowest BCUT2D eigenvalue weighted by Gasteiger charge is -2.16. The highest BCUT2D eigenvalue weighted by atomic mass is 16.6. The Morgan fingerprint density at radius 1 is 1.56 bits per heavy atom. The second-order valence-electron chi connectivity index (χ2n) is 3.92. The van der Waals surface area contributed by atoms with Gasteiger partial charge in [-0.2, -0.15) is 0 Å². The summed E-state index contributed by atoms with van der Waals surface area (Å²) in [5.41, 5.74) is 5.28. The Labute approximate surface area is 102 Å². The largest absolute Gasteiger partial charge is 0.387 e. The van der Waals surface area contributed by atoms with E-state index in [1.807, 2.05) is 0 Å². The molecule has 1 amide bonds. The van der Waals surface area contributed by atoms with Crippen molar-refractivity contribution in [1.29, 1.82) is 0 Å². The summed E-state index contributed by atoms with van der Waals surface area (Å²) in [6.07, 6.45) is -3.85. The zero-order valence-corrected chi connectivity index (χ0v) is 9.22. The number of aromatic amines is 1. The summed E-state index contributed by atoms with van der Waals surface area (Å²) in [5, 5.41) is 30.6. The summed E-state index contributed by atoms with van der Waals surface area (Å²) in [6.45, 7) is 0. The fraction of sp³-hybridized carbons (Fsp3) is 0.556. The average Bonchev–Trinajstić information content (AvgIpc) is 2.92. The maximum atomic E-state index is 11.6. The molecule has 18 heavy (non-hydrogen) atoms. The number of imidazole rings is 1. The Hall–Kier alpha value is -1.52. The number of rotatable bonds is 3. The van der Waals surface area contributed by atoms with Crippen molar-refractivity contribution in [2.75, 3.05) is 0 Å². The molecule has 7 N–H and O–H groups in total. The summed E-state index contributed by atoms with van der Waals surface area (Å²) in [7, 11) is 0. The third kappa shape index (κ3) is 2.35. The van der Waals surface area contributed by atoms with Crippen LogP contribution < -0.4 is 11.1 Å². The van der Waals surface area contributed by atoms with Gasteiger partial charge < -0.3 is 36.1 Å². The summed E-state index contributed by atoms with van der Waals surface area (Å²) in [6, 6.07) is 0. The van der Waals surface area contributed by atoms with E-state index in [4.69, 9.17) is 15.6 Å². The summed E-state index contributed by atoms with van der Waals surface area (Å²) >= 11 is 0. The van der Waals surface area contributed by atoms with Crippen LogP contribution in [0.5, 0.6) is 0 Å². The Morgan fingerprint density at radius 3 is 2.78 bits per heavy atom. The molecule has 100 valence electrons. The maximum Gasteiger partial charge on any atom is 0.273 e. The van der Waals surface area contributed by atoms with Crippen LogP contribution in [0, 0.1) is 0 Å². The molecule has 1 aromatic rings. The molecule has 0 saturated carbocycles. The third-order valence-corrected chi connectivity index (χ3v) is 2.64. The minimum Gasteiger partial charge on any atom is -0.387 e. The molecule has 9 heteroatoms. The molecule has 2 heterocycles. The van der Waals surface area contributed by atoms with Gasteiger partial charge in [-0.3, -0.25) is 4.79 Å². The van der Waals surface area contributed by atoms with Gasteiger partial charge in [0.1, 0.15) is 30.2 Å². The molecule has 1 aliphatic rings. The SMILES string of the molecule is NC(O)[C@@H]1OC(NC(=O)c2c[nH]cn2)[C@@H](O)[C@H]1O. The highest BCUT2D eigenvalue weighted by molar-refractivity contribution is 5.92. The van der Waals surface area contributed by atoms with E-state index in [0.29, 0.717) is 0 Å². The number of H-pyrrole nitrogens is 1. The number of nitrogens with one attached hydrogen (secondary N) is 2. The van der Waals surface area contributed by atoms with Crippen LogP contribution in [0.2, 0.25) is 0 Å². The fourth-order valence-corrected chi connectivity index (χ4v) is 1.69. The van der Waals surface area contributed by atoms with E-state index in [1.54, 1.807) is 0 Å². The molecule has 2 unspecified atom stereocenters. The van der Waals surface area contributed by atoms with E-state index in [0.717, 1.165) is 0 Å². The van der Waals surface area contributed by atoms with Crippen LogP contribution in [-0.2, 0) is 4.74 Å². The number of carbonyl (C=O) groups excluding carboxylic acids is 1. The number of aromatic nitrogens is 2. The predicted octanol–water partition coefficient (Wildman–Crippen LogP) is -3.14. The van der Waals surface area contributed by atoms with Crippen molar-refractivity contribution in [3.63, 3.8) is 0 Å². The molecule has 0 radical (unpaired) electrons. The standard InChI is InChI=1S/C9H14N4O5/c10-7(16)6-4(14)5(15)9(18-6)13-8(17)3-1-11-2-12-3/h1-2,4-7,9,14-16H,10H2,(H,11,12)(H,13,17)/t4-,5+,6-,7?,9?/m1/s1. The average molecular weight is 258 g/mol. The second-order valence-corrected chi connectivity index (χ2v) is 3.92. The molecule has 1 fully saturated rings. The first-order valence-electron chi connectivity index (χ1n) is 5.25. The van der Waals surface area contributed by atoms with Gasteiger partial charge in [-0.05, 0) is 0 Å². The van der Waals surface area contributed by atoms with Crippen LogP contribution in [0.3, 0.4) is 0 Å². The number of ether oxygens (including phenoxy) is 1. The lowest BCUT2D eigenvalue weighted by molar-refractivity contribution is -0.0673. The molecule has 1 aliphatic heterocycles. The zero-order valence-electron chi connectivity index (χ0n) is 9.22. The molecular weight excluding hydrogens is 244 g/mol. The molecular formula is C9H14N4O5. The van der Waals surface area contributed by atoms with Gasteiger partial charge in [-0.15, -0.1) is 0 Å². The zero-order chi connectivity index (χ0) is 13.3. The van der Waals surface area contributed by atoms with Crippen molar-refractivity contribution in [3.05, 3.63) is 18.2 Å². The Balaban J connectivity index is 2.00. The van der Waals surface area contributed by atoms with Gasteiger partial charge in [0, 0.05) is 6.20 Å². The lowest BCUT2D eigenvalue weighted by atomic mass is 10.1. The van der Waals surface area contributed by atoms with E-state index >= 15 is 0 Å². The van der Waals surface area contributed by atoms with Gasteiger partial charge in [0.25, 0.3) is 5.91 Å². The van der Waals surface area contributed by atoms with Crippen LogP contribution in [-0.4, -0.2) is 62.0 Å². The Morgan fingerprint density at radius 2 is 2.28 bits per heavy atom. The molecule has 1 saturated heterocycles. The summed E-state index contributed by atoms with van der Waals surface area (Å²) in [5.74, 6) is -0.584. The molecule has 0 aromatic carbocycles. The summed E-state index contributed by atoms with van der Waals surface area (Å²) < 4.78 is 5.07. The van der Waals surface area contributed by atoms with Crippen molar-refractivity contribution < 1.29 is 24.9 Å². The van der Waals surface area contributed by atoms with Crippen molar-refractivity contribution in [1.82, 2.24) is 15.3 Å². The van der Waals surface area contributed by atoms with Gasteiger partial charge in [0.2, 0.25) is 0 Å². The second kappa shape index (κ2) is 5.00. The van der Waals surface area contributed by atoms with Crippen LogP contribution in [0.4, 0.5) is 0 Å². The highest BCUT2D eigenvalue weighted by Gasteiger charge is 2.45. The molecule has 0 aliphatic carbocycles. The van der Waals surface area contributed by atoms with E-state index in [1.165, 1.54) is 12.5 Å². The lowest BCUT2D eigenvalue weighted by Crippen LogP contribution is -2.44. The third-order valence-electron chi connectivity index (χ3n) is 2.64. The number of nitrogens with two attached hydrogens (primary N) is 1. The van der Waals surface area contributed by atoms with Gasteiger partial charge in [-0.1, -0.05) is 0 Å². The molecule has 5 atom stereocenters. The van der Waals surface area contributed by atoms with Gasteiger partial charge >= 0.3 is 0 Å². The topological polar surface area (TPSA) is 154 Å². The van der Waals surface area contributed by atoms with Crippen molar-refractivity contribution in [3.8, 4) is 0 Å². The first-order valence-corrected chi connectivity index (χ1v) is 5.25. The normalized spacial score (nSPS) is 33.3. The maximum absolute atomic E-state index is 11.6. The van der Waals surface area contributed by atoms with E-state index in [2.05, 4.69) is 15.3 Å². The fourth-order valence-electron chi connectivity index (χ4n) is 1.69. The first kappa shape index (κ1) is 12.9. The molecule has 2 rings (SSSR count). The Kier molecular flexibility index (Phi) is 3.59. The quantitative estimate of drug-likeness (QED) is 0.313. The monoisotopic (exact) mass is 258 g/mol. The summed E-state index contributed by atoms with van der Waals surface area (Å²) in [4.78, 5) is 17.9. The Bertz CT molecular complexity index is 409. The number of hydrogen-bond acceptors (Lipinski definition) is 7. The van der Waals surface area contributed by atoms with Crippen molar-refractivity contribution in [2.45, 2.75) is 30.8 Å². The van der Waals surface area contributed by atoms with E-state index < -0.39 is 36.7 Å². The van der Waals surface area contributed by atoms with Crippen molar-refractivity contribution in [2.24, 2.45) is 5.73 Å². The minimum absolute atomic E-state index is 0.108. The smallest absolute Gasteiger partial charge is 0.273 e. The molecule has 1 aromatic heterocycles. The van der Waals surface area contributed by atoms with Crippen LogP contribution in [0.1, 0.15) is 10.5 Å². The van der Waals surface area contributed by atoms with Gasteiger partial charge in [0.15, 0.2) is 6.23 Å². The highest BCUT2D eigenvalue weighted by Crippen LogP contribution is 2.21. The van der Waals surface area contributed by atoms with Crippen LogP contribution in [0.25, 0.3) is 0 Å². The predicted molar refractivity (Wildman–Crippen MR) is 56.9 cm³/mol. The number of carbonyl (C=O) groups is 1. The number of nitrogens with zero attached hydrogens (tertiary/aromatic N) is 1. The van der Waals surface area contributed by atoms with Crippen LogP contribution in [0.15, 0.2) is 12.5 Å². The van der Waals surface area contributed by atoms with E-state index in [-0.39, 0.29) is 5.69 Å². The number of amides is 1. The minimum atomic E-state index is -1.46. The van der Waals surface area contributed by atoms with Crippen LogP contribution >= 0.6 is 0 Å². The number of hydrogen-bond donors (Lipinski definition) is 6. The van der Waals surface area contributed by atoms with Gasteiger partial charge in [0.05, 0.1) is 6.33 Å². The molecule has 0 bridgehead atoms. The number of aliphatic hydroxyl groups excluding tert-OH is 3. The van der Waals surface area contributed by atoms with Gasteiger partial charge in [-0.25, -0.2) is 4.98 Å². The molecule has 0 spiro atoms. The van der Waals surface area contributed by atoms with Crippen molar-refractivity contribution >= 4 is 5.91 Å². The molecule has 9 nitrogen and oxygen atoms in total.